The molecule has 8 nitrogen and oxygen atoms in total. The number of benzene rings is 2. The predicted octanol–water partition coefficient (Wildman–Crippen LogP) is 3.82. The van der Waals surface area contributed by atoms with Gasteiger partial charge in [-0.05, 0) is 54.1 Å². The molecular formula is C26H30FN5O3S. The number of aryl methyl sites for hydroxylation is 1. The van der Waals surface area contributed by atoms with E-state index >= 15 is 0 Å². The first-order chi connectivity index (χ1) is 17.1. The van der Waals surface area contributed by atoms with Crippen LogP contribution in [0.5, 0.6) is 0 Å². The molecule has 0 aliphatic carbocycles. The molecule has 190 valence electrons. The van der Waals surface area contributed by atoms with Crippen molar-refractivity contribution in [3.05, 3.63) is 81.6 Å². The third kappa shape index (κ3) is 6.45. The van der Waals surface area contributed by atoms with Gasteiger partial charge in [0.1, 0.15) is 16.7 Å². The van der Waals surface area contributed by atoms with Crippen LogP contribution in [0.1, 0.15) is 63.2 Å². The van der Waals surface area contributed by atoms with Crippen LogP contribution < -0.4 is 16.8 Å². The van der Waals surface area contributed by atoms with Gasteiger partial charge in [0.25, 0.3) is 11.8 Å². The molecule has 0 unspecified atom stereocenters. The lowest BCUT2D eigenvalue weighted by molar-refractivity contribution is -0.126. The van der Waals surface area contributed by atoms with Gasteiger partial charge in [-0.25, -0.2) is 4.39 Å². The first-order valence-corrected chi connectivity index (χ1v) is 12.3. The van der Waals surface area contributed by atoms with E-state index in [4.69, 9.17) is 11.5 Å². The average Bonchev–Trinajstić information content (AvgIpc) is 3.22. The van der Waals surface area contributed by atoms with Gasteiger partial charge in [-0.15, -0.1) is 0 Å². The molecule has 0 radical (unpaired) electrons. The number of nitrogens with two attached hydrogens (primary N) is 2. The highest BCUT2D eigenvalue weighted by Gasteiger charge is 2.34. The molecule has 0 saturated heterocycles. The number of aromatic nitrogens is 1. The van der Waals surface area contributed by atoms with E-state index in [9.17, 15) is 18.8 Å². The van der Waals surface area contributed by atoms with Gasteiger partial charge in [0.15, 0.2) is 5.69 Å². The first-order valence-electron chi connectivity index (χ1n) is 11.5. The molecular weight excluding hydrogens is 481 g/mol. The fourth-order valence-corrected chi connectivity index (χ4v) is 4.39. The average molecular weight is 512 g/mol. The zero-order valence-electron chi connectivity index (χ0n) is 20.5. The number of carbonyl (C=O) groups is 3. The molecule has 10 heteroatoms. The second kappa shape index (κ2) is 11.8. The Morgan fingerprint density at radius 1 is 1.08 bits per heavy atom. The van der Waals surface area contributed by atoms with Crippen molar-refractivity contribution in [2.75, 3.05) is 12.3 Å². The molecule has 1 heterocycles. The number of amides is 3. The second-order valence-electron chi connectivity index (χ2n) is 8.98. The number of hydrogen-bond acceptors (Lipinski definition) is 6. The molecule has 5 N–H and O–H groups in total. The van der Waals surface area contributed by atoms with Gasteiger partial charge in [0, 0.05) is 13.1 Å². The van der Waals surface area contributed by atoms with E-state index in [2.05, 4.69) is 23.5 Å². The van der Waals surface area contributed by atoms with E-state index in [1.165, 1.54) is 17.0 Å². The molecule has 1 atom stereocenters. The van der Waals surface area contributed by atoms with Crippen molar-refractivity contribution in [2.45, 2.75) is 39.8 Å². The van der Waals surface area contributed by atoms with E-state index in [-0.39, 0.29) is 28.7 Å². The van der Waals surface area contributed by atoms with E-state index in [1.807, 2.05) is 19.1 Å². The largest absolute Gasteiger partial charge is 0.395 e. The lowest BCUT2D eigenvalue weighted by Gasteiger charge is -2.31. The summed E-state index contributed by atoms with van der Waals surface area (Å²) in [4.78, 5) is 40.4. The van der Waals surface area contributed by atoms with Gasteiger partial charge in [0.05, 0.1) is 5.69 Å². The zero-order valence-corrected chi connectivity index (χ0v) is 21.3. The van der Waals surface area contributed by atoms with E-state index in [0.29, 0.717) is 23.6 Å². The smallest absolute Gasteiger partial charge is 0.270 e. The Balaban J connectivity index is 2.09. The summed E-state index contributed by atoms with van der Waals surface area (Å²) in [5.74, 6) is -1.85. The minimum Gasteiger partial charge on any atom is -0.395 e. The number of primary amides is 1. The lowest BCUT2D eigenvalue weighted by Crippen LogP contribution is -2.43. The number of halogens is 1. The van der Waals surface area contributed by atoms with Crippen LogP contribution in [0.3, 0.4) is 0 Å². The summed E-state index contributed by atoms with van der Waals surface area (Å²) >= 11 is 0.744. The summed E-state index contributed by atoms with van der Waals surface area (Å²) in [6.45, 7) is 6.45. The number of hydrogen-bond donors (Lipinski definition) is 3. The number of carbonyl (C=O) groups excluding carboxylic acids is 3. The minimum absolute atomic E-state index is 0.00185. The van der Waals surface area contributed by atoms with Gasteiger partial charge in [-0.2, -0.15) is 4.37 Å². The zero-order chi connectivity index (χ0) is 26.4. The van der Waals surface area contributed by atoms with Crippen LogP contribution in [-0.4, -0.2) is 33.5 Å². The van der Waals surface area contributed by atoms with Crippen LogP contribution in [0.15, 0.2) is 48.5 Å². The van der Waals surface area contributed by atoms with Crippen LogP contribution in [0.2, 0.25) is 0 Å². The third-order valence-corrected chi connectivity index (χ3v) is 6.51. The summed E-state index contributed by atoms with van der Waals surface area (Å²) in [6, 6.07) is 11.9. The number of anilines is 1. The van der Waals surface area contributed by atoms with Crippen molar-refractivity contribution in [1.82, 2.24) is 14.6 Å². The highest BCUT2D eigenvalue weighted by atomic mass is 32.1. The number of nitrogens with one attached hydrogen (secondary N) is 1. The fourth-order valence-electron chi connectivity index (χ4n) is 3.63. The molecule has 1 aromatic heterocycles. The Morgan fingerprint density at radius 2 is 1.72 bits per heavy atom. The highest BCUT2D eigenvalue weighted by molar-refractivity contribution is 7.09. The van der Waals surface area contributed by atoms with E-state index in [1.54, 1.807) is 24.3 Å². The topological polar surface area (TPSA) is 131 Å². The lowest BCUT2D eigenvalue weighted by atomic mass is 10.0. The van der Waals surface area contributed by atoms with Crippen LogP contribution in [0.25, 0.3) is 0 Å². The highest BCUT2D eigenvalue weighted by Crippen LogP contribution is 2.30. The molecule has 0 fully saturated rings. The Labute approximate surface area is 213 Å². The first kappa shape index (κ1) is 26.8. The summed E-state index contributed by atoms with van der Waals surface area (Å²) in [5.41, 5.74) is 13.3. The second-order valence-corrected chi connectivity index (χ2v) is 9.76. The van der Waals surface area contributed by atoms with E-state index < -0.39 is 23.7 Å². The molecule has 2 aromatic carbocycles. The summed E-state index contributed by atoms with van der Waals surface area (Å²) < 4.78 is 17.5. The molecule has 3 aromatic rings. The van der Waals surface area contributed by atoms with Crippen LogP contribution in [-0.2, 0) is 11.3 Å². The SMILES string of the molecule is Cc1ccc([C@H](C(=O)NCCC(C)C)N(Cc2ccc(F)cc2)C(=O)c2snc(C(N)=O)c2N)cc1. The van der Waals surface area contributed by atoms with Gasteiger partial charge in [-0.1, -0.05) is 55.8 Å². The molecule has 3 amide bonds. The minimum atomic E-state index is -1.02. The Bertz CT molecular complexity index is 1230. The maximum Gasteiger partial charge on any atom is 0.270 e. The van der Waals surface area contributed by atoms with E-state index in [0.717, 1.165) is 23.5 Å². The molecule has 0 aliphatic heterocycles. The molecule has 0 aliphatic rings. The maximum absolute atomic E-state index is 13.9. The Morgan fingerprint density at radius 3 is 2.28 bits per heavy atom. The van der Waals surface area contributed by atoms with Crippen molar-refractivity contribution < 1.29 is 18.8 Å². The van der Waals surface area contributed by atoms with Crippen molar-refractivity contribution in [3.63, 3.8) is 0 Å². The van der Waals surface area contributed by atoms with Gasteiger partial charge >= 0.3 is 0 Å². The maximum atomic E-state index is 13.9. The Kier molecular flexibility index (Phi) is 8.76. The standard InChI is InChI=1S/C26H30FN5O3S/c1-15(2)12-13-30-25(34)22(18-8-4-16(3)5-9-18)32(14-17-6-10-19(27)11-7-17)26(35)23-20(28)21(24(29)33)31-36-23/h4-11,15,22H,12-14,28H2,1-3H3,(H2,29,33)(H,30,34)/t22-/m1/s1. The summed E-state index contributed by atoms with van der Waals surface area (Å²) in [7, 11) is 0. The van der Waals surface area contributed by atoms with Crippen molar-refractivity contribution in [1.29, 1.82) is 0 Å². The fraction of sp³-hybridized carbons (Fsp3) is 0.308. The monoisotopic (exact) mass is 511 g/mol. The number of nitrogens with zero attached hydrogens (tertiary/aromatic N) is 2. The Hall–Kier alpha value is -3.79. The quantitative estimate of drug-likeness (QED) is 0.381. The van der Waals surface area contributed by atoms with Crippen molar-refractivity contribution in [2.24, 2.45) is 11.7 Å². The third-order valence-electron chi connectivity index (χ3n) is 5.66. The summed E-state index contributed by atoms with van der Waals surface area (Å²) in [5, 5.41) is 2.94. The molecule has 0 saturated carbocycles. The number of rotatable bonds is 10. The van der Waals surface area contributed by atoms with Crippen LogP contribution in [0, 0.1) is 18.7 Å². The molecule has 0 spiro atoms. The predicted molar refractivity (Wildman–Crippen MR) is 138 cm³/mol. The van der Waals surface area contributed by atoms with Gasteiger partial charge in [-0.3, -0.25) is 14.4 Å². The van der Waals surface area contributed by atoms with Crippen molar-refractivity contribution in [3.8, 4) is 0 Å². The molecule has 0 bridgehead atoms. The molecule has 3 rings (SSSR count). The molecule has 36 heavy (non-hydrogen) atoms. The van der Waals surface area contributed by atoms with Gasteiger partial charge < -0.3 is 21.7 Å². The van der Waals surface area contributed by atoms with Crippen LogP contribution >= 0.6 is 11.5 Å². The van der Waals surface area contributed by atoms with Crippen LogP contribution in [0.4, 0.5) is 10.1 Å². The normalized spacial score (nSPS) is 11.8. The van der Waals surface area contributed by atoms with Crippen molar-refractivity contribution >= 4 is 34.9 Å². The van der Waals surface area contributed by atoms with Gasteiger partial charge in [0.2, 0.25) is 5.91 Å². The number of nitrogen functional groups attached to an aromatic ring is 1. The summed E-state index contributed by atoms with van der Waals surface area (Å²) in [6.07, 6.45) is 0.766.